The van der Waals surface area contributed by atoms with E-state index in [-0.39, 0.29) is 0 Å². The van der Waals surface area contributed by atoms with Crippen molar-refractivity contribution in [2.24, 2.45) is 0 Å². The molecular weight excluding hydrogens is 286 g/mol. The molecule has 2 rings (SSSR count). The average Bonchev–Trinajstić information content (AvgIpc) is 2.45. The van der Waals surface area contributed by atoms with Gasteiger partial charge in [-0.3, -0.25) is 10.9 Å². The number of aromatic nitrogens is 2. The Morgan fingerprint density at radius 1 is 1.10 bits per heavy atom. The maximum absolute atomic E-state index is 5.19. The molecule has 0 aliphatic carbocycles. The summed E-state index contributed by atoms with van der Waals surface area (Å²) in [7, 11) is 1.63. The highest BCUT2D eigenvalue weighted by Gasteiger charge is 2.01. The minimum Gasteiger partial charge on any atom is -0.497 e. The van der Waals surface area contributed by atoms with Crippen molar-refractivity contribution in [2.75, 3.05) is 17.9 Å². The van der Waals surface area contributed by atoms with E-state index in [1.165, 1.54) is 0 Å². The number of hydrogen-bond donors (Lipinski definition) is 3. The number of thiocarbonyl (C=S) groups is 1. The summed E-state index contributed by atoms with van der Waals surface area (Å²) in [6.07, 6.45) is 0. The van der Waals surface area contributed by atoms with Crippen molar-refractivity contribution < 1.29 is 4.74 Å². The van der Waals surface area contributed by atoms with E-state index in [1.807, 2.05) is 44.2 Å². The van der Waals surface area contributed by atoms with Crippen LogP contribution in [0.25, 0.3) is 0 Å². The van der Waals surface area contributed by atoms with Gasteiger partial charge in [0.05, 0.1) is 7.11 Å². The van der Waals surface area contributed by atoms with Gasteiger partial charge < -0.3 is 10.1 Å². The Bertz CT molecular complexity index is 610. The topological polar surface area (TPSA) is 71.1 Å². The molecule has 0 saturated carbocycles. The number of anilines is 2. The van der Waals surface area contributed by atoms with E-state index in [9.17, 15) is 0 Å². The lowest BCUT2D eigenvalue weighted by atomic mass is 10.3. The first-order valence-electron chi connectivity index (χ1n) is 6.36. The van der Waals surface area contributed by atoms with Gasteiger partial charge in [-0.25, -0.2) is 9.97 Å². The molecule has 110 valence electrons. The van der Waals surface area contributed by atoms with E-state index in [0.717, 1.165) is 22.8 Å². The van der Waals surface area contributed by atoms with Gasteiger partial charge in [0, 0.05) is 17.1 Å². The normalized spacial score (nSPS) is 9.86. The van der Waals surface area contributed by atoms with Crippen LogP contribution < -0.4 is 20.9 Å². The fraction of sp³-hybridized carbons (Fsp3) is 0.214. The number of aryl methyl sites for hydroxylation is 2. The number of nitrogens with one attached hydrogen (secondary N) is 3. The predicted molar refractivity (Wildman–Crippen MR) is 87.5 cm³/mol. The maximum atomic E-state index is 5.19. The molecule has 1 aromatic carbocycles. The predicted octanol–water partition coefficient (Wildman–Crippen LogP) is 2.42. The van der Waals surface area contributed by atoms with Crippen LogP contribution in [-0.4, -0.2) is 22.2 Å². The van der Waals surface area contributed by atoms with Gasteiger partial charge in [0.15, 0.2) is 5.11 Å². The van der Waals surface area contributed by atoms with Gasteiger partial charge in [-0.15, -0.1) is 0 Å². The molecule has 0 amide bonds. The van der Waals surface area contributed by atoms with Gasteiger partial charge in [0.2, 0.25) is 5.95 Å². The highest BCUT2D eigenvalue weighted by atomic mass is 32.1. The third-order valence-corrected chi connectivity index (χ3v) is 2.82. The van der Waals surface area contributed by atoms with Gasteiger partial charge >= 0.3 is 0 Å². The zero-order valence-corrected chi connectivity index (χ0v) is 12.9. The molecule has 0 spiro atoms. The zero-order valence-electron chi connectivity index (χ0n) is 12.1. The number of nitrogens with zero attached hydrogens (tertiary/aromatic N) is 2. The molecule has 6 nitrogen and oxygen atoms in total. The number of methoxy groups -OCH3 is 1. The summed E-state index contributed by atoms with van der Waals surface area (Å²) < 4.78 is 5.10. The van der Waals surface area contributed by atoms with Gasteiger partial charge in [-0.05, 0) is 56.4 Å². The van der Waals surface area contributed by atoms with Gasteiger partial charge in [-0.2, -0.15) is 0 Å². The van der Waals surface area contributed by atoms with Crippen LogP contribution >= 0.6 is 12.2 Å². The third kappa shape index (κ3) is 4.57. The molecule has 0 bridgehead atoms. The molecule has 3 N–H and O–H groups in total. The number of rotatable bonds is 4. The highest BCUT2D eigenvalue weighted by Crippen LogP contribution is 2.14. The molecule has 7 heteroatoms. The Kier molecular flexibility index (Phi) is 4.89. The molecular formula is C14H17N5OS. The van der Waals surface area contributed by atoms with Gasteiger partial charge in [-0.1, -0.05) is 0 Å². The first-order valence-corrected chi connectivity index (χ1v) is 6.77. The van der Waals surface area contributed by atoms with Crippen LogP contribution in [-0.2, 0) is 0 Å². The van der Waals surface area contributed by atoms with Crippen LogP contribution in [0.15, 0.2) is 30.3 Å². The molecule has 0 atom stereocenters. The Morgan fingerprint density at radius 3 is 2.29 bits per heavy atom. The van der Waals surface area contributed by atoms with Crippen LogP contribution in [0.5, 0.6) is 5.75 Å². The van der Waals surface area contributed by atoms with Crippen molar-refractivity contribution in [2.45, 2.75) is 13.8 Å². The molecule has 0 saturated heterocycles. The van der Waals surface area contributed by atoms with E-state index in [0.29, 0.717) is 11.1 Å². The second-order valence-corrected chi connectivity index (χ2v) is 4.82. The maximum Gasteiger partial charge on any atom is 0.242 e. The molecule has 0 aliphatic rings. The fourth-order valence-electron chi connectivity index (χ4n) is 1.73. The molecule has 0 unspecified atom stereocenters. The first kappa shape index (κ1) is 15.0. The van der Waals surface area contributed by atoms with E-state index in [4.69, 9.17) is 17.0 Å². The van der Waals surface area contributed by atoms with E-state index >= 15 is 0 Å². The molecule has 0 radical (unpaired) electrons. The Hall–Kier alpha value is -2.41. The number of benzene rings is 1. The minimum atomic E-state index is 0.419. The lowest BCUT2D eigenvalue weighted by Crippen LogP contribution is -2.34. The summed E-state index contributed by atoms with van der Waals surface area (Å²) in [6, 6.07) is 9.36. The average molecular weight is 303 g/mol. The van der Waals surface area contributed by atoms with Crippen LogP contribution in [0.4, 0.5) is 11.6 Å². The molecule has 2 aromatic rings. The Labute approximate surface area is 128 Å². The van der Waals surface area contributed by atoms with Crippen molar-refractivity contribution in [3.63, 3.8) is 0 Å². The monoisotopic (exact) mass is 303 g/mol. The smallest absolute Gasteiger partial charge is 0.242 e. The van der Waals surface area contributed by atoms with Crippen LogP contribution in [0, 0.1) is 13.8 Å². The van der Waals surface area contributed by atoms with E-state index in [2.05, 4.69) is 26.1 Å². The van der Waals surface area contributed by atoms with E-state index in [1.54, 1.807) is 7.11 Å². The van der Waals surface area contributed by atoms with Crippen LogP contribution in [0.3, 0.4) is 0 Å². The summed E-state index contributed by atoms with van der Waals surface area (Å²) in [5.74, 6) is 1.27. The molecule has 0 fully saturated rings. The summed E-state index contributed by atoms with van der Waals surface area (Å²) in [5.41, 5.74) is 8.35. The second kappa shape index (κ2) is 6.85. The lowest BCUT2D eigenvalue weighted by Gasteiger charge is -2.12. The number of ether oxygens (including phenoxy) is 1. The number of hydrogen-bond acceptors (Lipinski definition) is 5. The Balaban J connectivity index is 1.89. The second-order valence-electron chi connectivity index (χ2n) is 4.41. The van der Waals surface area contributed by atoms with Crippen LogP contribution in [0.1, 0.15) is 11.4 Å². The largest absolute Gasteiger partial charge is 0.497 e. The summed E-state index contributed by atoms with van der Waals surface area (Å²) in [4.78, 5) is 8.49. The van der Waals surface area contributed by atoms with Crippen molar-refractivity contribution in [3.05, 3.63) is 41.7 Å². The summed E-state index contributed by atoms with van der Waals surface area (Å²) >= 11 is 5.19. The first-order chi connectivity index (χ1) is 10.1. The van der Waals surface area contributed by atoms with E-state index < -0.39 is 0 Å². The third-order valence-electron chi connectivity index (χ3n) is 2.62. The Morgan fingerprint density at radius 2 is 1.71 bits per heavy atom. The quantitative estimate of drug-likeness (QED) is 0.592. The number of hydrazine groups is 1. The molecule has 1 aromatic heterocycles. The van der Waals surface area contributed by atoms with Crippen molar-refractivity contribution >= 4 is 29.0 Å². The standard InChI is InChI=1S/C14H17N5OS/c1-9-8-10(2)16-13(15-9)18-19-14(21)17-11-4-6-12(20-3)7-5-11/h4-8H,1-3H3,(H,15,16,18)(H2,17,19,21). The summed E-state index contributed by atoms with van der Waals surface area (Å²) in [6.45, 7) is 3.82. The zero-order chi connectivity index (χ0) is 15.2. The molecule has 1 heterocycles. The highest BCUT2D eigenvalue weighted by molar-refractivity contribution is 7.80. The van der Waals surface area contributed by atoms with Crippen molar-refractivity contribution in [1.82, 2.24) is 15.4 Å². The minimum absolute atomic E-state index is 0.419. The molecule has 21 heavy (non-hydrogen) atoms. The SMILES string of the molecule is COc1ccc(NC(=S)NNc2nc(C)cc(C)n2)cc1. The fourth-order valence-corrected chi connectivity index (χ4v) is 1.90. The van der Waals surface area contributed by atoms with Crippen molar-refractivity contribution in [1.29, 1.82) is 0 Å². The molecule has 0 aliphatic heterocycles. The van der Waals surface area contributed by atoms with Crippen molar-refractivity contribution in [3.8, 4) is 5.75 Å². The van der Waals surface area contributed by atoms with Gasteiger partial charge in [0.1, 0.15) is 5.75 Å². The van der Waals surface area contributed by atoms with Gasteiger partial charge in [0.25, 0.3) is 0 Å². The summed E-state index contributed by atoms with van der Waals surface area (Å²) in [5, 5.41) is 3.46. The lowest BCUT2D eigenvalue weighted by molar-refractivity contribution is 0.415. The van der Waals surface area contributed by atoms with Crippen LogP contribution in [0.2, 0.25) is 0 Å².